The van der Waals surface area contributed by atoms with Gasteiger partial charge in [0.15, 0.2) is 24.8 Å². The van der Waals surface area contributed by atoms with Crippen molar-refractivity contribution in [1.82, 2.24) is 0 Å². The van der Waals surface area contributed by atoms with Gasteiger partial charge in [-0.2, -0.15) is 0 Å². The lowest BCUT2D eigenvalue weighted by molar-refractivity contribution is -0.697. The second kappa shape index (κ2) is 21.6. The summed E-state index contributed by atoms with van der Waals surface area (Å²) in [6.45, 7) is 1.60. The lowest BCUT2D eigenvalue weighted by atomic mass is 10.00. The first-order valence-corrected chi connectivity index (χ1v) is 19.1. The molecule has 1 aromatic carbocycles. The fraction of sp³-hybridized carbons (Fsp3) is 0.500. The van der Waals surface area contributed by atoms with Gasteiger partial charge in [0.2, 0.25) is 0 Å². The van der Waals surface area contributed by atoms with Crippen LogP contribution in [0.4, 0.5) is 8.78 Å². The van der Waals surface area contributed by atoms with Crippen molar-refractivity contribution in [2.75, 3.05) is 12.3 Å². The van der Waals surface area contributed by atoms with Crippen molar-refractivity contribution in [1.29, 1.82) is 0 Å². The van der Waals surface area contributed by atoms with Gasteiger partial charge < -0.3 is 53.5 Å². The zero-order valence-corrected chi connectivity index (χ0v) is 31.0. The zero-order chi connectivity index (χ0) is 32.0. The molecule has 0 amide bonds. The molecule has 0 atom stereocenters. The second-order valence-corrected chi connectivity index (χ2v) is 15.0. The highest BCUT2D eigenvalue weighted by Gasteiger charge is 2.16. The molecule has 0 aliphatic carbocycles. The van der Waals surface area contributed by atoms with E-state index >= 15 is 8.78 Å². The van der Waals surface area contributed by atoms with Crippen LogP contribution in [0.2, 0.25) is 0 Å². The lowest BCUT2D eigenvalue weighted by Crippen LogP contribution is -3.00. The van der Waals surface area contributed by atoms with Gasteiger partial charge in [-0.1, -0.05) is 38.5 Å². The maximum absolute atomic E-state index is 15.1. The zero-order valence-electron chi connectivity index (χ0n) is 26.0. The number of pyridine rings is 2. The lowest BCUT2D eigenvalue weighted by Gasteiger charge is -2.08. The molecule has 0 aliphatic heterocycles. The molecular weight excluding hydrogens is 768 g/mol. The van der Waals surface area contributed by atoms with Crippen LogP contribution in [0.25, 0.3) is 22.3 Å². The van der Waals surface area contributed by atoms with Gasteiger partial charge in [0, 0.05) is 60.6 Å². The number of halogens is 4. The minimum atomic E-state index is -3.89. The molecule has 0 spiro atoms. The maximum atomic E-state index is 15.1. The SMILES string of the molecule is O=P(O)(O)CCCCCCCC[n+]1ccc(-c2cc(F)c(-c3cc[n+](CCCCCCCCP(=O)(O)O)cc3)cc2F)cc1.[Br-].[Br-]. The van der Waals surface area contributed by atoms with Crippen molar-refractivity contribution in [2.45, 2.75) is 90.1 Å². The molecule has 0 saturated heterocycles. The highest BCUT2D eigenvalue weighted by molar-refractivity contribution is 7.52. The predicted molar refractivity (Wildman–Crippen MR) is 167 cm³/mol. The van der Waals surface area contributed by atoms with E-state index in [1.54, 1.807) is 24.3 Å². The fourth-order valence-electron chi connectivity index (χ4n) is 5.20. The molecular formula is C32H46Br2F2N2O6P2. The summed E-state index contributed by atoms with van der Waals surface area (Å²) in [7, 11) is -7.78. The molecule has 3 rings (SSSR count). The van der Waals surface area contributed by atoms with Crippen LogP contribution in [-0.4, -0.2) is 31.9 Å². The molecule has 3 aromatic rings. The van der Waals surface area contributed by atoms with Crippen LogP contribution in [-0.2, 0) is 22.2 Å². The molecule has 0 radical (unpaired) electrons. The smallest absolute Gasteiger partial charge is 0.325 e. The largest absolute Gasteiger partial charge is 1.00 e. The van der Waals surface area contributed by atoms with Gasteiger partial charge in [-0.25, -0.2) is 17.9 Å². The van der Waals surface area contributed by atoms with Gasteiger partial charge in [-0.3, -0.25) is 9.13 Å². The van der Waals surface area contributed by atoms with E-state index in [1.807, 2.05) is 33.9 Å². The molecule has 14 heteroatoms. The summed E-state index contributed by atoms with van der Waals surface area (Å²) in [4.78, 5) is 35.6. The number of hydrogen-bond acceptors (Lipinski definition) is 2. The molecule has 0 fully saturated rings. The summed E-state index contributed by atoms with van der Waals surface area (Å²) in [6.07, 6.45) is 17.9. The number of unbranched alkanes of at least 4 members (excludes halogenated alkanes) is 10. The van der Waals surface area contributed by atoms with Crippen molar-refractivity contribution < 1.29 is 80.6 Å². The van der Waals surface area contributed by atoms with E-state index in [-0.39, 0.29) is 57.4 Å². The minimum Gasteiger partial charge on any atom is -1.00 e. The van der Waals surface area contributed by atoms with E-state index in [4.69, 9.17) is 19.6 Å². The molecule has 2 heterocycles. The number of benzene rings is 1. The van der Waals surface area contributed by atoms with E-state index in [0.29, 0.717) is 24.0 Å². The standard InChI is InChI=1S/C32H44F2N2O6P2.2BrH/c33-31-26-30(28-15-21-36(22-16-28)18-10-6-2-4-8-12-24-44(40,41)42)32(34)25-29(31)27-13-19-35(20-14-27)17-9-5-1-3-7-11-23-43(37,38)39;;/h13-16,19-22,25-26H,1-12,17-18,23-24H2,(H2-2,37,38,39,40,41,42);2*1H. The van der Waals surface area contributed by atoms with Crippen molar-refractivity contribution in [3.63, 3.8) is 0 Å². The molecule has 0 unspecified atom stereocenters. The van der Waals surface area contributed by atoms with Gasteiger partial charge >= 0.3 is 15.2 Å². The highest BCUT2D eigenvalue weighted by Crippen LogP contribution is 2.36. The van der Waals surface area contributed by atoms with Crippen molar-refractivity contribution in [2.24, 2.45) is 0 Å². The first-order valence-electron chi connectivity index (χ1n) is 15.5. The second-order valence-electron chi connectivity index (χ2n) is 11.5. The number of aryl methyl sites for hydroxylation is 2. The molecule has 0 saturated carbocycles. The molecule has 0 aliphatic rings. The topological polar surface area (TPSA) is 123 Å². The number of rotatable bonds is 20. The number of nitrogens with zero attached hydrogens (tertiary/aromatic N) is 2. The van der Waals surface area contributed by atoms with Crippen LogP contribution < -0.4 is 43.1 Å². The van der Waals surface area contributed by atoms with Crippen LogP contribution in [0.15, 0.2) is 61.2 Å². The summed E-state index contributed by atoms with van der Waals surface area (Å²) in [5.74, 6) is -0.981. The Labute approximate surface area is 292 Å². The first kappa shape index (κ1) is 42.7. The van der Waals surface area contributed by atoms with Gasteiger partial charge in [-0.05, 0) is 48.9 Å². The van der Waals surface area contributed by atoms with Crippen LogP contribution in [0.1, 0.15) is 77.0 Å². The Morgan fingerprint density at radius 3 is 1.09 bits per heavy atom. The summed E-state index contributed by atoms with van der Waals surface area (Å²) in [5.41, 5.74) is 1.62. The van der Waals surface area contributed by atoms with E-state index in [9.17, 15) is 9.13 Å². The fourth-order valence-corrected chi connectivity index (χ4v) is 6.47. The third-order valence-electron chi connectivity index (χ3n) is 7.69. The summed E-state index contributed by atoms with van der Waals surface area (Å²) < 4.78 is 56.0. The average Bonchev–Trinajstić information content (AvgIpc) is 2.96. The molecule has 0 bridgehead atoms. The van der Waals surface area contributed by atoms with Gasteiger partial charge in [-0.15, -0.1) is 0 Å². The van der Waals surface area contributed by atoms with Crippen molar-refractivity contribution in [3.8, 4) is 22.3 Å². The summed E-state index contributed by atoms with van der Waals surface area (Å²) >= 11 is 0. The molecule has 2 aromatic heterocycles. The Bertz CT molecular complexity index is 1300. The molecule has 258 valence electrons. The first-order chi connectivity index (χ1) is 20.9. The molecule has 46 heavy (non-hydrogen) atoms. The van der Waals surface area contributed by atoms with Crippen LogP contribution in [0.3, 0.4) is 0 Å². The van der Waals surface area contributed by atoms with Crippen LogP contribution >= 0.6 is 15.2 Å². The number of aromatic nitrogens is 2. The Morgan fingerprint density at radius 2 is 0.783 bits per heavy atom. The van der Waals surface area contributed by atoms with E-state index < -0.39 is 26.8 Å². The number of hydrogen-bond donors (Lipinski definition) is 4. The quantitative estimate of drug-likeness (QED) is 0.0766. The monoisotopic (exact) mass is 812 g/mol. The van der Waals surface area contributed by atoms with Crippen molar-refractivity contribution >= 4 is 15.2 Å². The van der Waals surface area contributed by atoms with Gasteiger partial charge in [0.25, 0.3) is 0 Å². The third-order valence-corrected chi connectivity index (χ3v) is 9.49. The van der Waals surface area contributed by atoms with Crippen LogP contribution in [0, 0.1) is 11.6 Å². The molecule has 8 nitrogen and oxygen atoms in total. The van der Waals surface area contributed by atoms with E-state index in [1.165, 1.54) is 12.1 Å². The van der Waals surface area contributed by atoms with Crippen molar-refractivity contribution in [3.05, 3.63) is 72.8 Å². The Morgan fingerprint density at radius 1 is 0.500 bits per heavy atom. The maximum Gasteiger partial charge on any atom is 0.325 e. The Kier molecular flexibility index (Phi) is 20.0. The predicted octanol–water partition coefficient (Wildman–Crippen LogP) is 0.918. The average molecular weight is 814 g/mol. The molecule has 4 N–H and O–H groups in total. The van der Waals surface area contributed by atoms with E-state index in [2.05, 4.69) is 0 Å². The van der Waals surface area contributed by atoms with Gasteiger partial charge in [0.05, 0.1) is 0 Å². The summed E-state index contributed by atoms with van der Waals surface area (Å²) in [6, 6.07) is 9.64. The summed E-state index contributed by atoms with van der Waals surface area (Å²) in [5, 5.41) is 0. The minimum absolute atomic E-state index is 0. The Balaban J connectivity index is 0.00000529. The van der Waals surface area contributed by atoms with E-state index in [0.717, 1.165) is 77.3 Å². The normalized spacial score (nSPS) is 11.6. The van der Waals surface area contributed by atoms with Crippen LogP contribution in [0.5, 0.6) is 0 Å². The Hall–Kier alpha value is -1.36. The van der Waals surface area contributed by atoms with Gasteiger partial charge in [0.1, 0.15) is 24.7 Å². The third kappa shape index (κ3) is 16.6. The highest BCUT2D eigenvalue weighted by atomic mass is 79.9.